The van der Waals surface area contributed by atoms with Crippen molar-refractivity contribution < 1.29 is 24.7 Å². The number of aliphatic hydroxyl groups is 2. The van der Waals surface area contributed by atoms with Crippen LogP contribution in [-0.4, -0.2) is 36.6 Å². The van der Waals surface area contributed by atoms with E-state index >= 15 is 0 Å². The van der Waals surface area contributed by atoms with Crippen molar-refractivity contribution >= 4 is 0 Å². The first kappa shape index (κ1) is 11.8. The van der Waals surface area contributed by atoms with E-state index in [-0.39, 0.29) is 13.2 Å². The van der Waals surface area contributed by atoms with Crippen molar-refractivity contribution in [2.75, 3.05) is 20.3 Å². The van der Waals surface area contributed by atoms with Gasteiger partial charge in [0.15, 0.2) is 5.75 Å². The molecule has 1 aromatic carbocycles. The highest BCUT2D eigenvalue weighted by atomic mass is 17.2. The summed E-state index contributed by atoms with van der Waals surface area (Å²) in [4.78, 5) is 9.63. The molecule has 0 aliphatic carbocycles. The minimum Gasteiger partial charge on any atom is -0.493 e. The average Bonchev–Trinajstić information content (AvgIpc) is 2.29. The first-order valence-electron chi connectivity index (χ1n) is 4.49. The maximum atomic E-state index is 8.98. The van der Waals surface area contributed by atoms with Gasteiger partial charge >= 0.3 is 0 Å². The third kappa shape index (κ3) is 3.75. The van der Waals surface area contributed by atoms with Crippen LogP contribution >= 0.6 is 0 Å². The molecule has 1 aromatic rings. The molecule has 15 heavy (non-hydrogen) atoms. The van der Waals surface area contributed by atoms with Crippen LogP contribution in [0.2, 0.25) is 0 Å². The number of rotatable bonds is 6. The van der Waals surface area contributed by atoms with Crippen LogP contribution in [0.1, 0.15) is 0 Å². The van der Waals surface area contributed by atoms with Crippen LogP contribution in [0.25, 0.3) is 0 Å². The zero-order valence-electron chi connectivity index (χ0n) is 8.42. The lowest BCUT2D eigenvalue weighted by Crippen LogP contribution is -2.20. The molecule has 2 N–H and O–H groups in total. The van der Waals surface area contributed by atoms with E-state index in [2.05, 4.69) is 0 Å². The van der Waals surface area contributed by atoms with Crippen molar-refractivity contribution in [1.29, 1.82) is 0 Å². The van der Waals surface area contributed by atoms with Gasteiger partial charge in [-0.1, -0.05) is 12.1 Å². The second kappa shape index (κ2) is 6.23. The summed E-state index contributed by atoms with van der Waals surface area (Å²) in [7, 11) is 1.52. The number of ether oxygens (including phenoxy) is 1. The highest BCUT2D eigenvalue weighted by Crippen LogP contribution is 2.25. The van der Waals surface area contributed by atoms with Gasteiger partial charge in [-0.2, -0.15) is 4.89 Å². The molecule has 0 aliphatic rings. The molecular formula is C10H14O5. The van der Waals surface area contributed by atoms with Crippen LogP contribution in [0.5, 0.6) is 11.5 Å². The quantitative estimate of drug-likeness (QED) is 0.528. The zero-order chi connectivity index (χ0) is 11.1. The molecular weight excluding hydrogens is 200 g/mol. The highest BCUT2D eigenvalue weighted by molar-refractivity contribution is 5.38. The fourth-order valence-corrected chi connectivity index (χ4v) is 0.916. The van der Waals surface area contributed by atoms with Crippen molar-refractivity contribution in [3.8, 4) is 11.5 Å². The number of hydrogen-bond acceptors (Lipinski definition) is 5. The summed E-state index contributed by atoms with van der Waals surface area (Å²) in [5, 5.41) is 17.5. The smallest absolute Gasteiger partial charge is 0.207 e. The number of aliphatic hydroxyl groups excluding tert-OH is 2. The van der Waals surface area contributed by atoms with Crippen LogP contribution in [-0.2, 0) is 4.89 Å². The Morgan fingerprint density at radius 1 is 1.27 bits per heavy atom. The second-order valence-electron chi connectivity index (χ2n) is 2.86. The second-order valence-corrected chi connectivity index (χ2v) is 2.86. The molecule has 0 fully saturated rings. The standard InChI is InChI=1S/C10H14O5/c1-13-9-4-2-3-5-10(9)15-14-7-8(12)6-11/h2-5,8,11-12H,6-7H2,1H3. The monoisotopic (exact) mass is 214 g/mol. The number of hydrogen-bond donors (Lipinski definition) is 2. The molecule has 0 saturated heterocycles. The van der Waals surface area contributed by atoms with Gasteiger partial charge in [0.05, 0.1) is 13.7 Å². The van der Waals surface area contributed by atoms with E-state index in [1.807, 2.05) is 0 Å². The van der Waals surface area contributed by atoms with Gasteiger partial charge in [-0.25, -0.2) is 0 Å². The Balaban J connectivity index is 2.43. The van der Waals surface area contributed by atoms with E-state index in [9.17, 15) is 0 Å². The molecule has 0 saturated carbocycles. The minimum absolute atomic E-state index is 0.103. The molecule has 0 aromatic heterocycles. The maximum Gasteiger partial charge on any atom is 0.207 e. The summed E-state index contributed by atoms with van der Waals surface area (Å²) in [6, 6.07) is 6.96. The molecule has 5 heteroatoms. The molecule has 1 unspecified atom stereocenters. The fourth-order valence-electron chi connectivity index (χ4n) is 0.916. The first-order valence-corrected chi connectivity index (χ1v) is 4.49. The summed E-state index contributed by atoms with van der Waals surface area (Å²) < 4.78 is 5.01. The van der Waals surface area contributed by atoms with E-state index in [4.69, 9.17) is 24.7 Å². The van der Waals surface area contributed by atoms with Crippen molar-refractivity contribution in [1.82, 2.24) is 0 Å². The SMILES string of the molecule is COc1ccccc1OOCC(O)CO. The Morgan fingerprint density at radius 3 is 2.53 bits per heavy atom. The highest BCUT2D eigenvalue weighted by Gasteiger charge is 2.06. The molecule has 1 rings (SSSR count). The Hall–Kier alpha value is -1.30. The molecule has 0 spiro atoms. The number of methoxy groups -OCH3 is 1. The maximum absolute atomic E-state index is 8.98. The van der Waals surface area contributed by atoms with Crippen molar-refractivity contribution in [3.63, 3.8) is 0 Å². The Bertz CT molecular complexity index is 289. The van der Waals surface area contributed by atoms with Crippen molar-refractivity contribution in [2.24, 2.45) is 0 Å². The number of para-hydroxylation sites is 2. The molecule has 0 heterocycles. The molecule has 0 aliphatic heterocycles. The molecule has 0 radical (unpaired) electrons. The van der Waals surface area contributed by atoms with Gasteiger partial charge in [-0.05, 0) is 12.1 Å². The Morgan fingerprint density at radius 2 is 1.93 bits per heavy atom. The van der Waals surface area contributed by atoms with Gasteiger partial charge in [0.1, 0.15) is 12.7 Å². The lowest BCUT2D eigenvalue weighted by molar-refractivity contribution is -0.226. The molecule has 1 atom stereocenters. The normalized spacial score (nSPS) is 12.2. The number of benzene rings is 1. The van der Waals surface area contributed by atoms with Crippen molar-refractivity contribution in [3.05, 3.63) is 24.3 Å². The summed E-state index contributed by atoms with van der Waals surface area (Å²) in [6.07, 6.45) is -0.945. The van der Waals surface area contributed by atoms with Crippen LogP contribution in [0.4, 0.5) is 0 Å². The van der Waals surface area contributed by atoms with E-state index in [0.717, 1.165) is 0 Å². The van der Waals surface area contributed by atoms with Crippen LogP contribution in [0.3, 0.4) is 0 Å². The lowest BCUT2D eigenvalue weighted by Gasteiger charge is -2.10. The van der Waals surface area contributed by atoms with Gasteiger partial charge in [0.2, 0.25) is 5.75 Å². The molecule has 0 amide bonds. The minimum atomic E-state index is -0.945. The van der Waals surface area contributed by atoms with E-state index in [0.29, 0.717) is 11.5 Å². The summed E-state index contributed by atoms with van der Waals surface area (Å²) in [6.45, 7) is -0.468. The summed E-state index contributed by atoms with van der Waals surface area (Å²) in [5.41, 5.74) is 0. The van der Waals surface area contributed by atoms with E-state index in [1.165, 1.54) is 7.11 Å². The Labute approximate surface area is 87.7 Å². The average molecular weight is 214 g/mol. The van der Waals surface area contributed by atoms with Crippen LogP contribution in [0.15, 0.2) is 24.3 Å². The van der Waals surface area contributed by atoms with Crippen molar-refractivity contribution in [2.45, 2.75) is 6.10 Å². The van der Waals surface area contributed by atoms with Crippen LogP contribution in [0, 0.1) is 0 Å². The fraction of sp³-hybridized carbons (Fsp3) is 0.400. The third-order valence-electron chi connectivity index (χ3n) is 1.69. The topological polar surface area (TPSA) is 68.2 Å². The largest absolute Gasteiger partial charge is 0.493 e. The summed E-state index contributed by atoms with van der Waals surface area (Å²) in [5.74, 6) is 0.959. The predicted octanol–water partition coefficient (Wildman–Crippen LogP) is 0.359. The zero-order valence-corrected chi connectivity index (χ0v) is 8.42. The van der Waals surface area contributed by atoms with Gasteiger partial charge in [0.25, 0.3) is 0 Å². The van der Waals surface area contributed by atoms with Gasteiger partial charge in [-0.15, -0.1) is 0 Å². The first-order chi connectivity index (χ1) is 7.27. The lowest BCUT2D eigenvalue weighted by atomic mass is 10.3. The molecule has 0 bridgehead atoms. The predicted molar refractivity (Wildman–Crippen MR) is 52.7 cm³/mol. The van der Waals surface area contributed by atoms with Gasteiger partial charge in [0, 0.05) is 0 Å². The molecule has 5 nitrogen and oxygen atoms in total. The van der Waals surface area contributed by atoms with E-state index in [1.54, 1.807) is 24.3 Å². The third-order valence-corrected chi connectivity index (χ3v) is 1.69. The summed E-state index contributed by atoms with van der Waals surface area (Å²) >= 11 is 0. The van der Waals surface area contributed by atoms with Crippen LogP contribution < -0.4 is 9.62 Å². The molecule has 84 valence electrons. The van der Waals surface area contributed by atoms with Gasteiger partial charge in [-0.3, -0.25) is 0 Å². The van der Waals surface area contributed by atoms with Gasteiger partial charge < -0.3 is 19.8 Å². The van der Waals surface area contributed by atoms with E-state index < -0.39 is 6.10 Å². The Kier molecular flexibility index (Phi) is 4.89.